The van der Waals surface area contributed by atoms with Crippen molar-refractivity contribution >= 4 is 5.78 Å². The molecule has 0 amide bonds. The van der Waals surface area contributed by atoms with Gasteiger partial charge in [0.15, 0.2) is 5.78 Å². The SMILES string of the molecule is COC[C@@]1(O)CC[C@@]2(C3(C)CC3)[C@H](CC[C@H]3[C@@H]4CC[C@H](C(=O)Cn5cc(C#N)cn5)[C@@]4(C)CC[C@@H]32)C1. The maximum Gasteiger partial charge on any atom is 0.157 e. The average Bonchev–Trinajstić information content (AvgIpc) is 3.28. The van der Waals surface area contributed by atoms with E-state index in [9.17, 15) is 9.90 Å². The number of methoxy groups -OCH3 is 1. The van der Waals surface area contributed by atoms with Crippen molar-refractivity contribution in [2.75, 3.05) is 13.7 Å². The summed E-state index contributed by atoms with van der Waals surface area (Å²) < 4.78 is 7.11. The molecule has 1 heterocycles. The third-order valence-electron chi connectivity index (χ3n) is 12.3. The standard InChI is InChI=1S/C30H43N3O3/c1-27(10-11-27)30-13-12-29(35,19-36-3)14-21(30)4-5-22-23-6-7-25(28(23,2)9-8-24(22)30)26(34)18-33-17-20(15-31)16-32-33/h16-17,21-25,35H,4-14,18-19H2,1-3H3/t21-,22+,23+,24+,25-,28+,29-,30-/m1/s1. The topological polar surface area (TPSA) is 88.1 Å². The van der Waals surface area contributed by atoms with Crippen LogP contribution in [0, 0.1) is 57.2 Å². The summed E-state index contributed by atoms with van der Waals surface area (Å²) in [5.74, 6) is 3.05. The Bertz CT molecular complexity index is 1070. The summed E-state index contributed by atoms with van der Waals surface area (Å²) in [7, 11) is 1.72. The van der Waals surface area contributed by atoms with Gasteiger partial charge in [-0.3, -0.25) is 9.48 Å². The molecular weight excluding hydrogens is 450 g/mol. The van der Waals surface area contributed by atoms with Gasteiger partial charge >= 0.3 is 0 Å². The molecule has 5 saturated carbocycles. The lowest BCUT2D eigenvalue weighted by molar-refractivity contribution is -0.194. The highest BCUT2D eigenvalue weighted by atomic mass is 16.5. The van der Waals surface area contributed by atoms with Gasteiger partial charge in [0.05, 0.1) is 30.5 Å². The molecule has 8 atom stereocenters. The lowest BCUT2D eigenvalue weighted by Gasteiger charge is -2.65. The van der Waals surface area contributed by atoms with E-state index >= 15 is 0 Å². The highest BCUT2D eigenvalue weighted by molar-refractivity contribution is 5.82. The monoisotopic (exact) mass is 493 g/mol. The molecule has 6 nitrogen and oxygen atoms in total. The maximum atomic E-state index is 13.5. The maximum absolute atomic E-state index is 13.5. The van der Waals surface area contributed by atoms with Crippen molar-refractivity contribution in [1.82, 2.24) is 9.78 Å². The van der Waals surface area contributed by atoms with E-state index in [1.54, 1.807) is 24.2 Å². The van der Waals surface area contributed by atoms with E-state index in [4.69, 9.17) is 10.00 Å². The van der Waals surface area contributed by atoms with Gasteiger partial charge in [-0.05, 0) is 111 Å². The number of hydrogen-bond donors (Lipinski definition) is 1. The number of carbonyl (C=O) groups is 1. The van der Waals surface area contributed by atoms with Crippen LogP contribution in [0.15, 0.2) is 12.4 Å². The molecule has 0 radical (unpaired) electrons. The van der Waals surface area contributed by atoms with Crippen molar-refractivity contribution in [2.45, 2.75) is 96.6 Å². The number of nitriles is 1. The molecule has 0 spiro atoms. The largest absolute Gasteiger partial charge is 0.387 e. The second kappa shape index (κ2) is 8.40. The number of rotatable bonds is 6. The van der Waals surface area contributed by atoms with Crippen LogP contribution in [0.2, 0.25) is 0 Å². The number of hydrogen-bond acceptors (Lipinski definition) is 5. The van der Waals surface area contributed by atoms with Crippen LogP contribution in [0.1, 0.15) is 90.0 Å². The van der Waals surface area contributed by atoms with E-state index in [1.807, 2.05) is 0 Å². The molecule has 5 aliphatic carbocycles. The zero-order valence-electron chi connectivity index (χ0n) is 22.3. The van der Waals surface area contributed by atoms with Crippen LogP contribution in [0.4, 0.5) is 0 Å². The van der Waals surface area contributed by atoms with Crippen molar-refractivity contribution < 1.29 is 14.6 Å². The first kappa shape index (κ1) is 24.6. The quantitative estimate of drug-likeness (QED) is 0.593. The molecular formula is C30H43N3O3. The molecule has 36 heavy (non-hydrogen) atoms. The van der Waals surface area contributed by atoms with Crippen LogP contribution in [0.5, 0.6) is 0 Å². The summed E-state index contributed by atoms with van der Waals surface area (Å²) in [4.78, 5) is 13.5. The molecule has 1 aromatic heterocycles. The Morgan fingerprint density at radius 3 is 2.64 bits per heavy atom. The third-order valence-corrected chi connectivity index (χ3v) is 12.3. The summed E-state index contributed by atoms with van der Waals surface area (Å²) in [6.07, 6.45) is 15.8. The Hall–Kier alpha value is -1.71. The zero-order valence-corrected chi connectivity index (χ0v) is 22.3. The average molecular weight is 494 g/mol. The normalized spacial score (nSPS) is 44.7. The van der Waals surface area contributed by atoms with Gasteiger partial charge in [0.25, 0.3) is 0 Å². The zero-order chi connectivity index (χ0) is 25.3. The van der Waals surface area contributed by atoms with Crippen LogP contribution in [-0.2, 0) is 16.1 Å². The van der Waals surface area contributed by atoms with Crippen molar-refractivity contribution in [3.8, 4) is 6.07 Å². The summed E-state index contributed by atoms with van der Waals surface area (Å²) in [5.41, 5.74) is 0.706. The predicted molar refractivity (Wildman–Crippen MR) is 136 cm³/mol. The van der Waals surface area contributed by atoms with Crippen molar-refractivity contribution in [3.05, 3.63) is 18.0 Å². The van der Waals surface area contributed by atoms with Gasteiger partial charge in [0, 0.05) is 19.2 Å². The van der Waals surface area contributed by atoms with Gasteiger partial charge in [-0.1, -0.05) is 13.8 Å². The molecule has 196 valence electrons. The van der Waals surface area contributed by atoms with Gasteiger partial charge in [-0.15, -0.1) is 0 Å². The number of ether oxygens (including phenoxy) is 1. The first-order valence-electron chi connectivity index (χ1n) is 14.3. The fraction of sp³-hybridized carbons (Fsp3) is 0.833. The van der Waals surface area contributed by atoms with Gasteiger partial charge in [-0.25, -0.2) is 0 Å². The molecule has 1 N–H and O–H groups in total. The van der Waals surface area contributed by atoms with E-state index < -0.39 is 5.60 Å². The fourth-order valence-electron chi connectivity index (χ4n) is 10.6. The Labute approximate surface area is 215 Å². The van der Waals surface area contributed by atoms with E-state index in [0.717, 1.165) is 38.0 Å². The fourth-order valence-corrected chi connectivity index (χ4v) is 10.6. The number of fused-ring (bicyclic) bond motifs is 5. The van der Waals surface area contributed by atoms with E-state index in [1.165, 1.54) is 38.5 Å². The molecule has 1 aromatic rings. The second-order valence-corrected chi connectivity index (χ2v) is 13.8. The smallest absolute Gasteiger partial charge is 0.157 e. The molecule has 6 rings (SSSR count). The number of Topliss-reactive ketones (excluding diaryl/α,β-unsaturated/α-hetero) is 1. The van der Waals surface area contributed by atoms with Gasteiger partial charge < -0.3 is 9.84 Å². The second-order valence-electron chi connectivity index (χ2n) is 13.8. The lowest BCUT2D eigenvalue weighted by atomic mass is 9.40. The molecule has 0 unspecified atom stereocenters. The van der Waals surface area contributed by atoms with Crippen molar-refractivity contribution in [2.24, 2.45) is 45.8 Å². The number of carbonyl (C=O) groups excluding carboxylic acids is 1. The predicted octanol–water partition coefficient (Wildman–Crippen LogP) is 5.14. The minimum atomic E-state index is -0.660. The molecule has 0 saturated heterocycles. The summed E-state index contributed by atoms with van der Waals surface area (Å²) >= 11 is 0. The molecule has 0 aromatic carbocycles. The number of aromatic nitrogens is 2. The van der Waals surface area contributed by atoms with E-state index in [-0.39, 0.29) is 17.9 Å². The minimum Gasteiger partial charge on any atom is -0.387 e. The highest BCUT2D eigenvalue weighted by Gasteiger charge is 2.70. The number of ketones is 1. The van der Waals surface area contributed by atoms with Gasteiger partial charge in [0.1, 0.15) is 6.07 Å². The molecule has 5 fully saturated rings. The highest BCUT2D eigenvalue weighted by Crippen LogP contribution is 2.76. The minimum absolute atomic E-state index is 0.0768. The number of nitrogens with zero attached hydrogens (tertiary/aromatic N) is 3. The first-order valence-corrected chi connectivity index (χ1v) is 14.3. The number of aliphatic hydroxyl groups is 1. The van der Waals surface area contributed by atoms with Crippen molar-refractivity contribution in [1.29, 1.82) is 5.26 Å². The lowest BCUT2D eigenvalue weighted by Crippen LogP contribution is -2.60. The van der Waals surface area contributed by atoms with Crippen LogP contribution < -0.4 is 0 Å². The Morgan fingerprint density at radius 2 is 1.94 bits per heavy atom. The van der Waals surface area contributed by atoms with Crippen molar-refractivity contribution in [3.63, 3.8) is 0 Å². The van der Waals surface area contributed by atoms with E-state index in [0.29, 0.717) is 46.5 Å². The Kier molecular flexibility index (Phi) is 5.74. The van der Waals surface area contributed by atoms with Gasteiger partial charge in [0.2, 0.25) is 0 Å². The molecule has 0 aliphatic heterocycles. The van der Waals surface area contributed by atoms with Crippen LogP contribution in [0.3, 0.4) is 0 Å². The van der Waals surface area contributed by atoms with Crippen LogP contribution in [0.25, 0.3) is 0 Å². The van der Waals surface area contributed by atoms with Crippen LogP contribution in [-0.4, -0.2) is 40.0 Å². The molecule has 5 aliphatic rings. The third kappa shape index (κ3) is 3.48. The summed E-state index contributed by atoms with van der Waals surface area (Å²) in [6, 6.07) is 2.11. The summed E-state index contributed by atoms with van der Waals surface area (Å²) in [6.45, 7) is 5.71. The first-order chi connectivity index (χ1) is 17.2. The molecule has 6 heteroatoms. The van der Waals surface area contributed by atoms with E-state index in [2.05, 4.69) is 25.0 Å². The molecule has 0 bridgehead atoms. The Balaban J connectivity index is 1.25. The van der Waals surface area contributed by atoms with Crippen LogP contribution >= 0.6 is 0 Å². The summed E-state index contributed by atoms with van der Waals surface area (Å²) in [5, 5.41) is 24.7. The van der Waals surface area contributed by atoms with Gasteiger partial charge in [-0.2, -0.15) is 10.4 Å². The Morgan fingerprint density at radius 1 is 1.14 bits per heavy atom.